The van der Waals surface area contributed by atoms with Crippen LogP contribution in [0.25, 0.3) is 0 Å². The van der Waals surface area contributed by atoms with Gasteiger partial charge in [-0.05, 0) is 18.2 Å². The molecule has 34 heavy (non-hydrogen) atoms. The van der Waals surface area contributed by atoms with Crippen molar-refractivity contribution in [2.24, 2.45) is 0 Å². The summed E-state index contributed by atoms with van der Waals surface area (Å²) in [6.45, 7) is -0.801. The van der Waals surface area contributed by atoms with E-state index < -0.39 is 62.2 Å². The zero-order valence-corrected chi connectivity index (χ0v) is 18.3. The summed E-state index contributed by atoms with van der Waals surface area (Å²) >= 11 is 0. The molecule has 0 radical (unpaired) electrons. The van der Waals surface area contributed by atoms with Gasteiger partial charge in [0.05, 0.1) is 6.61 Å². The Bertz CT molecular complexity index is 1120. The highest BCUT2D eigenvalue weighted by atomic mass is 31.2. The van der Waals surface area contributed by atoms with Crippen LogP contribution in [0.1, 0.15) is 16.6 Å². The Morgan fingerprint density at radius 2 is 1.82 bits per heavy atom. The largest absolute Gasteiger partial charge is 0.479 e. The van der Waals surface area contributed by atoms with Gasteiger partial charge in [0.1, 0.15) is 24.1 Å². The Morgan fingerprint density at radius 1 is 1.18 bits per heavy atom. The Hall–Kier alpha value is -3.01. The Morgan fingerprint density at radius 3 is 2.38 bits per heavy atom. The fourth-order valence-corrected chi connectivity index (χ4v) is 3.62. The molecule has 0 bridgehead atoms. The topological polar surface area (TPSA) is 253 Å². The molecule has 186 valence electrons. The number of aliphatic hydroxyl groups excluding tert-OH is 2. The molecule has 1 aromatic heterocycles. The number of carbonyl (C=O) groups excluding carboxylic acids is 1. The highest BCUT2D eigenvalue weighted by Crippen LogP contribution is 2.42. The van der Waals surface area contributed by atoms with Crippen molar-refractivity contribution in [2.75, 3.05) is 11.9 Å². The summed E-state index contributed by atoms with van der Waals surface area (Å²) in [5.74, 6) is -5.02. The summed E-state index contributed by atoms with van der Waals surface area (Å²) in [5.41, 5.74) is -0.615. The second-order valence-corrected chi connectivity index (χ2v) is 8.63. The van der Waals surface area contributed by atoms with E-state index in [9.17, 15) is 29.2 Å². The molecule has 2 aromatic rings. The van der Waals surface area contributed by atoms with E-state index in [-0.39, 0.29) is 12.0 Å². The van der Waals surface area contributed by atoms with Gasteiger partial charge in [0, 0.05) is 11.8 Å². The van der Waals surface area contributed by atoms with Crippen LogP contribution in [0.15, 0.2) is 47.4 Å². The molecule has 1 aliphatic rings. The molecule has 0 aliphatic carbocycles. The van der Waals surface area contributed by atoms with Gasteiger partial charge in [0.15, 0.2) is 6.23 Å². The summed E-state index contributed by atoms with van der Waals surface area (Å²) in [4.78, 5) is 57.3. The predicted molar refractivity (Wildman–Crippen MR) is 113 cm³/mol. The first kappa shape index (κ1) is 27.2. The molecule has 9 N–H and O–H groups in total. The summed E-state index contributed by atoms with van der Waals surface area (Å²) in [6, 6.07) is 9.41. The van der Waals surface area contributed by atoms with Gasteiger partial charge in [-0.1, -0.05) is 18.2 Å². The van der Waals surface area contributed by atoms with Gasteiger partial charge in [-0.3, -0.25) is 13.9 Å². The Kier molecular flexibility index (Phi) is 8.77. The molecular formula is C18H23N4O11P. The molecular weight excluding hydrogens is 479 g/mol. The number of hydrogen-bond acceptors (Lipinski definition) is 10. The summed E-state index contributed by atoms with van der Waals surface area (Å²) < 4.78 is 22.1. The molecule has 3 rings (SSSR count). The van der Waals surface area contributed by atoms with Crippen molar-refractivity contribution < 1.29 is 48.7 Å². The second kappa shape index (κ2) is 10.9. The van der Waals surface area contributed by atoms with Crippen LogP contribution in [0.5, 0.6) is 0 Å². The molecule has 0 spiro atoms. The summed E-state index contributed by atoms with van der Waals surface area (Å²) in [5, 5.41) is 31.7. The fraction of sp³-hybridized carbons (Fsp3) is 0.333. The maximum atomic E-state index is 12.4. The predicted octanol–water partition coefficient (Wildman–Crippen LogP) is -1.12. The van der Waals surface area contributed by atoms with E-state index in [1.807, 2.05) is 0 Å². The highest BCUT2D eigenvalue weighted by molar-refractivity contribution is 7.53. The van der Waals surface area contributed by atoms with E-state index in [1.165, 1.54) is 6.07 Å². The van der Waals surface area contributed by atoms with Gasteiger partial charge >= 0.3 is 19.3 Å². The number of aliphatic carboxylic acids is 1. The minimum Gasteiger partial charge on any atom is -0.479 e. The van der Waals surface area contributed by atoms with Crippen molar-refractivity contribution in [2.45, 2.75) is 30.4 Å². The SMILES string of the molecule is N.O=C(Nc1ccn([C@@H]2O[C@H](COC(C(=O)O)P(=O)(O)O)[C@@H](O)[C@H]2O)c(=O)n1)c1ccccc1. The number of ether oxygens (including phenoxy) is 2. The third-order valence-corrected chi connectivity index (χ3v) is 5.63. The average Bonchev–Trinajstić information content (AvgIpc) is 3.02. The number of nitrogens with one attached hydrogen (secondary N) is 1. The number of nitrogens with zero attached hydrogens (tertiary/aromatic N) is 2. The van der Waals surface area contributed by atoms with Crippen molar-refractivity contribution >= 4 is 25.3 Å². The van der Waals surface area contributed by atoms with Crippen LogP contribution < -0.4 is 17.2 Å². The fourth-order valence-electron chi connectivity index (χ4n) is 3.05. The molecule has 0 saturated carbocycles. The van der Waals surface area contributed by atoms with Gasteiger partial charge < -0.3 is 46.0 Å². The van der Waals surface area contributed by atoms with Gasteiger partial charge in [0.25, 0.3) is 11.8 Å². The van der Waals surface area contributed by atoms with Crippen LogP contribution >= 0.6 is 7.60 Å². The first-order valence-corrected chi connectivity index (χ1v) is 11.0. The van der Waals surface area contributed by atoms with Crippen molar-refractivity contribution in [3.05, 3.63) is 58.6 Å². The Balaban J connectivity index is 0.00000408. The van der Waals surface area contributed by atoms with E-state index in [0.29, 0.717) is 5.56 Å². The van der Waals surface area contributed by atoms with Crippen LogP contribution in [0.2, 0.25) is 0 Å². The molecule has 1 aliphatic heterocycles. The van der Waals surface area contributed by atoms with Gasteiger partial charge in [-0.15, -0.1) is 0 Å². The first-order valence-electron chi connectivity index (χ1n) is 9.36. The molecule has 1 aromatic carbocycles. The number of amides is 1. The normalized spacial score (nSPS) is 23.1. The minimum absolute atomic E-state index is 0. The molecule has 5 atom stereocenters. The summed E-state index contributed by atoms with van der Waals surface area (Å²) in [6.07, 6.45) is -5.09. The molecule has 1 fully saturated rings. The number of carboxylic acid groups (broad SMARTS) is 1. The lowest BCUT2D eigenvalue weighted by Crippen LogP contribution is -2.37. The standard InChI is InChI=1S/C18H20N3O11P.H3N/c22-12-10(8-31-17(16(25)26)33(28,29)30)32-15(13(12)23)21-7-6-11(20-18(21)27)19-14(24)9-4-2-1-3-5-9;/h1-7,10,12-13,15,17,22-23H,8H2,(H,25,26)(H2,28,29,30)(H,19,20,24,27);1H3/t10-,12-,13-,15-,17?;/m1./s1. The average molecular weight is 502 g/mol. The third-order valence-electron chi connectivity index (χ3n) is 4.65. The number of benzene rings is 1. The van der Waals surface area contributed by atoms with E-state index in [1.54, 1.807) is 30.3 Å². The minimum atomic E-state index is -5.17. The lowest BCUT2D eigenvalue weighted by atomic mass is 10.1. The lowest BCUT2D eigenvalue weighted by Gasteiger charge is -2.19. The zero-order valence-electron chi connectivity index (χ0n) is 17.4. The summed E-state index contributed by atoms with van der Waals surface area (Å²) in [7, 11) is -5.17. The number of aromatic nitrogens is 2. The number of hydrogen-bond donors (Lipinski definition) is 7. The van der Waals surface area contributed by atoms with Crippen LogP contribution in [0.4, 0.5) is 5.82 Å². The quantitative estimate of drug-likeness (QED) is 0.211. The van der Waals surface area contributed by atoms with Crippen molar-refractivity contribution in [1.82, 2.24) is 15.7 Å². The maximum Gasteiger partial charge on any atom is 0.365 e. The Labute approximate surface area is 191 Å². The lowest BCUT2D eigenvalue weighted by molar-refractivity contribution is -0.149. The number of anilines is 1. The number of rotatable bonds is 8. The van der Waals surface area contributed by atoms with Gasteiger partial charge in [-0.25, -0.2) is 9.59 Å². The molecule has 1 unspecified atom stereocenters. The number of carbonyl (C=O) groups is 2. The van der Waals surface area contributed by atoms with Crippen molar-refractivity contribution in [1.29, 1.82) is 0 Å². The molecule has 1 saturated heterocycles. The highest BCUT2D eigenvalue weighted by Gasteiger charge is 2.46. The molecule has 15 nitrogen and oxygen atoms in total. The molecule has 1 amide bonds. The monoisotopic (exact) mass is 502 g/mol. The van der Waals surface area contributed by atoms with E-state index >= 15 is 0 Å². The number of carboxylic acids is 1. The molecule has 16 heteroatoms. The van der Waals surface area contributed by atoms with Gasteiger partial charge in [0.2, 0.25) is 0 Å². The smallest absolute Gasteiger partial charge is 0.365 e. The van der Waals surface area contributed by atoms with Crippen LogP contribution in [0, 0.1) is 0 Å². The van der Waals surface area contributed by atoms with Crippen molar-refractivity contribution in [3.63, 3.8) is 0 Å². The van der Waals surface area contributed by atoms with Crippen LogP contribution in [-0.4, -0.2) is 77.3 Å². The first-order chi connectivity index (χ1) is 15.5. The zero-order chi connectivity index (χ0) is 24.3. The van der Waals surface area contributed by atoms with Crippen molar-refractivity contribution in [3.8, 4) is 0 Å². The number of aliphatic hydroxyl groups is 2. The van der Waals surface area contributed by atoms with Crippen LogP contribution in [-0.2, 0) is 18.8 Å². The molecule has 2 heterocycles. The third kappa shape index (κ3) is 6.11. The maximum absolute atomic E-state index is 12.4. The van der Waals surface area contributed by atoms with E-state index in [0.717, 1.165) is 10.8 Å². The second-order valence-electron chi connectivity index (χ2n) is 6.98. The van der Waals surface area contributed by atoms with E-state index in [2.05, 4.69) is 15.0 Å². The van der Waals surface area contributed by atoms with Gasteiger partial charge in [-0.2, -0.15) is 4.98 Å². The van der Waals surface area contributed by atoms with Crippen LogP contribution in [0.3, 0.4) is 0 Å². The van der Waals surface area contributed by atoms with E-state index in [4.69, 9.17) is 19.6 Å².